The molecular formula is C14H22N2O5. The lowest BCUT2D eigenvalue weighted by atomic mass is 9.82. The average molecular weight is 298 g/mol. The van der Waals surface area contributed by atoms with Crippen LogP contribution in [-0.2, 0) is 9.53 Å². The summed E-state index contributed by atoms with van der Waals surface area (Å²) >= 11 is 0. The highest BCUT2D eigenvalue weighted by atomic mass is 16.6. The zero-order valence-corrected chi connectivity index (χ0v) is 12.7. The van der Waals surface area contributed by atoms with Crippen LogP contribution >= 0.6 is 0 Å². The molecule has 2 aliphatic rings. The summed E-state index contributed by atoms with van der Waals surface area (Å²) in [5.74, 6) is -0.502. The Morgan fingerprint density at radius 1 is 1.24 bits per heavy atom. The van der Waals surface area contributed by atoms with Crippen LogP contribution in [0.25, 0.3) is 0 Å². The van der Waals surface area contributed by atoms with E-state index in [0.29, 0.717) is 13.1 Å². The summed E-state index contributed by atoms with van der Waals surface area (Å²) in [6.07, 6.45) is 1.33. The first kappa shape index (κ1) is 15.7. The van der Waals surface area contributed by atoms with Crippen molar-refractivity contribution in [1.82, 2.24) is 4.90 Å². The minimum absolute atomic E-state index is 0.0312. The largest absolute Gasteiger partial charge is 0.444 e. The molecule has 0 aromatic carbocycles. The molecule has 0 aromatic rings. The number of nitro groups is 1. The van der Waals surface area contributed by atoms with Crippen LogP contribution in [0.2, 0.25) is 0 Å². The molecule has 1 heterocycles. The fourth-order valence-corrected chi connectivity index (χ4v) is 3.46. The molecule has 1 amide bonds. The standard InChI is InChI=1S/C14H22N2O5/c1-14(2,3)21-13(18)15-6-9-4-5-10(7-15)12(9)11(17)8-16(19)20/h9-10,12H,4-8H2,1-3H3. The molecule has 1 aliphatic carbocycles. The maximum Gasteiger partial charge on any atom is 0.410 e. The lowest BCUT2D eigenvalue weighted by Crippen LogP contribution is -2.49. The van der Waals surface area contributed by atoms with Gasteiger partial charge in [0.25, 0.3) is 6.54 Å². The predicted octanol–water partition coefficient (Wildman–Crippen LogP) is 1.73. The SMILES string of the molecule is CC(C)(C)OC(=O)N1CC2CCC(C1)C2C(=O)C[N+](=O)[O-]. The summed E-state index contributed by atoms with van der Waals surface area (Å²) < 4.78 is 5.36. The van der Waals surface area contributed by atoms with Crippen LogP contribution in [0.5, 0.6) is 0 Å². The summed E-state index contributed by atoms with van der Waals surface area (Å²) in [7, 11) is 0. The van der Waals surface area contributed by atoms with Crippen molar-refractivity contribution < 1.29 is 19.2 Å². The van der Waals surface area contributed by atoms with E-state index in [1.54, 1.807) is 4.90 Å². The van der Waals surface area contributed by atoms with E-state index in [9.17, 15) is 19.7 Å². The number of carbonyl (C=O) groups is 2. The second-order valence-corrected chi connectivity index (χ2v) is 6.97. The highest BCUT2D eigenvalue weighted by molar-refractivity contribution is 5.83. The highest BCUT2D eigenvalue weighted by Gasteiger charge is 2.48. The molecule has 1 saturated carbocycles. The van der Waals surface area contributed by atoms with Gasteiger partial charge in [0.05, 0.1) is 0 Å². The first-order valence-corrected chi connectivity index (χ1v) is 7.30. The fraction of sp³-hybridized carbons (Fsp3) is 0.857. The molecule has 1 aliphatic heterocycles. The summed E-state index contributed by atoms with van der Waals surface area (Å²) in [5, 5.41) is 10.5. The Hall–Kier alpha value is -1.66. The molecule has 0 radical (unpaired) electrons. The van der Waals surface area contributed by atoms with E-state index in [4.69, 9.17) is 4.74 Å². The Kier molecular flexibility index (Phi) is 4.20. The quantitative estimate of drug-likeness (QED) is 0.584. The number of ketones is 1. The first-order chi connectivity index (χ1) is 9.67. The number of Topliss-reactive ketones (excluding diaryl/α,β-unsaturated/α-hetero) is 1. The third-order valence-corrected chi connectivity index (χ3v) is 4.14. The Bertz CT molecular complexity index is 443. The summed E-state index contributed by atoms with van der Waals surface area (Å²) in [4.78, 5) is 35.7. The number of carbonyl (C=O) groups excluding carboxylic acids is 2. The van der Waals surface area contributed by atoms with E-state index in [1.807, 2.05) is 20.8 Å². The van der Waals surface area contributed by atoms with E-state index in [-0.39, 0.29) is 29.6 Å². The topological polar surface area (TPSA) is 89.8 Å². The van der Waals surface area contributed by atoms with E-state index in [1.165, 1.54) is 0 Å². The monoisotopic (exact) mass is 298 g/mol. The van der Waals surface area contributed by atoms with Crippen LogP contribution in [0.1, 0.15) is 33.6 Å². The molecule has 0 spiro atoms. The molecule has 2 atom stereocenters. The zero-order chi connectivity index (χ0) is 15.8. The van der Waals surface area contributed by atoms with Crippen LogP contribution < -0.4 is 0 Å². The van der Waals surface area contributed by atoms with Gasteiger partial charge in [0.15, 0.2) is 0 Å². The van der Waals surface area contributed by atoms with Crippen molar-refractivity contribution in [3.8, 4) is 0 Å². The average Bonchev–Trinajstić information content (AvgIpc) is 2.57. The Balaban J connectivity index is 2.00. The fourth-order valence-electron chi connectivity index (χ4n) is 3.46. The highest BCUT2D eigenvalue weighted by Crippen LogP contribution is 2.42. The Labute approximate surface area is 123 Å². The van der Waals surface area contributed by atoms with Crippen LogP contribution in [0.4, 0.5) is 4.79 Å². The third kappa shape index (κ3) is 3.71. The van der Waals surface area contributed by atoms with Crippen molar-refractivity contribution in [3.05, 3.63) is 10.1 Å². The first-order valence-electron chi connectivity index (χ1n) is 7.30. The van der Waals surface area contributed by atoms with Gasteiger partial charge < -0.3 is 9.64 Å². The zero-order valence-electron chi connectivity index (χ0n) is 12.7. The maximum absolute atomic E-state index is 12.1. The molecule has 7 heteroatoms. The molecule has 2 rings (SSSR count). The predicted molar refractivity (Wildman–Crippen MR) is 74.4 cm³/mol. The lowest BCUT2D eigenvalue weighted by Gasteiger charge is -2.37. The van der Waals surface area contributed by atoms with E-state index < -0.39 is 17.1 Å². The minimum Gasteiger partial charge on any atom is -0.444 e. The number of piperidine rings is 1. The van der Waals surface area contributed by atoms with Crippen LogP contribution in [0, 0.1) is 27.9 Å². The number of nitrogens with zero attached hydrogens (tertiary/aromatic N) is 2. The van der Waals surface area contributed by atoms with Crippen LogP contribution in [0.3, 0.4) is 0 Å². The summed E-state index contributed by atoms with van der Waals surface area (Å²) in [6, 6.07) is 0. The summed E-state index contributed by atoms with van der Waals surface area (Å²) in [6.45, 7) is 5.75. The number of fused-ring (bicyclic) bond motifs is 2. The Morgan fingerprint density at radius 2 is 1.76 bits per heavy atom. The van der Waals surface area contributed by atoms with E-state index >= 15 is 0 Å². The number of rotatable bonds is 3. The van der Waals surface area contributed by atoms with Gasteiger partial charge in [-0.05, 0) is 45.4 Å². The van der Waals surface area contributed by atoms with Gasteiger partial charge in [0, 0.05) is 23.9 Å². The van der Waals surface area contributed by atoms with Crippen LogP contribution in [0.15, 0.2) is 0 Å². The normalized spacial score (nSPS) is 28.3. The van der Waals surface area contributed by atoms with Gasteiger partial charge in [-0.1, -0.05) is 0 Å². The van der Waals surface area contributed by atoms with Gasteiger partial charge in [-0.25, -0.2) is 4.79 Å². The van der Waals surface area contributed by atoms with Gasteiger partial charge in [0.1, 0.15) is 5.60 Å². The van der Waals surface area contributed by atoms with Gasteiger partial charge in [0.2, 0.25) is 5.78 Å². The molecule has 2 bridgehead atoms. The van der Waals surface area contributed by atoms with Crippen molar-refractivity contribution in [1.29, 1.82) is 0 Å². The molecule has 7 nitrogen and oxygen atoms in total. The van der Waals surface area contributed by atoms with Crippen molar-refractivity contribution in [3.63, 3.8) is 0 Å². The molecular weight excluding hydrogens is 276 g/mol. The number of hydrogen-bond donors (Lipinski definition) is 0. The maximum atomic E-state index is 12.1. The van der Waals surface area contributed by atoms with Gasteiger partial charge in [-0.3, -0.25) is 14.9 Å². The van der Waals surface area contributed by atoms with E-state index in [0.717, 1.165) is 12.8 Å². The molecule has 0 aromatic heterocycles. The number of ether oxygens (including phenoxy) is 1. The van der Waals surface area contributed by atoms with Gasteiger partial charge in [-0.15, -0.1) is 0 Å². The van der Waals surface area contributed by atoms with Gasteiger partial charge in [-0.2, -0.15) is 0 Å². The molecule has 21 heavy (non-hydrogen) atoms. The molecule has 1 saturated heterocycles. The second-order valence-electron chi connectivity index (χ2n) is 6.97. The molecule has 0 N–H and O–H groups in total. The van der Waals surface area contributed by atoms with Crippen molar-refractivity contribution in [2.75, 3.05) is 19.6 Å². The molecule has 118 valence electrons. The van der Waals surface area contributed by atoms with Crippen LogP contribution in [-0.4, -0.2) is 46.9 Å². The second kappa shape index (κ2) is 5.61. The number of hydrogen-bond acceptors (Lipinski definition) is 5. The summed E-state index contributed by atoms with van der Waals surface area (Å²) in [5.41, 5.74) is -0.547. The number of amides is 1. The lowest BCUT2D eigenvalue weighted by molar-refractivity contribution is -0.468. The molecule has 2 fully saturated rings. The van der Waals surface area contributed by atoms with Crippen molar-refractivity contribution in [2.24, 2.45) is 17.8 Å². The molecule has 2 unspecified atom stereocenters. The van der Waals surface area contributed by atoms with Gasteiger partial charge >= 0.3 is 6.09 Å². The van der Waals surface area contributed by atoms with E-state index in [2.05, 4.69) is 0 Å². The van der Waals surface area contributed by atoms with Crippen molar-refractivity contribution in [2.45, 2.75) is 39.2 Å². The smallest absolute Gasteiger partial charge is 0.410 e. The Morgan fingerprint density at radius 3 is 2.19 bits per heavy atom. The minimum atomic E-state index is -0.607. The van der Waals surface area contributed by atoms with Crippen molar-refractivity contribution >= 4 is 11.9 Å². The number of likely N-dealkylation sites (tertiary alicyclic amines) is 1. The third-order valence-electron chi connectivity index (χ3n) is 4.14.